The van der Waals surface area contributed by atoms with Crippen molar-refractivity contribution in [3.05, 3.63) is 0 Å². The number of ether oxygens (including phenoxy) is 1. The molecule has 0 aromatic heterocycles. The van der Waals surface area contributed by atoms with Crippen LogP contribution in [0.1, 0.15) is 0 Å². The highest BCUT2D eigenvalue weighted by molar-refractivity contribution is 7.90. The molecule has 0 saturated carbocycles. The molecular formula is C7H15NO4S. The number of hydrogen-bond acceptors (Lipinski definition) is 5. The number of rotatable bonds is 4. The first-order valence-corrected chi connectivity index (χ1v) is 6.22. The number of nitrogens with one attached hydrogen (secondary N) is 1. The van der Waals surface area contributed by atoms with Gasteiger partial charge in [0.05, 0.1) is 31.1 Å². The van der Waals surface area contributed by atoms with E-state index in [-0.39, 0.29) is 11.8 Å². The molecule has 78 valence electrons. The lowest BCUT2D eigenvalue weighted by molar-refractivity contribution is 0.122. The van der Waals surface area contributed by atoms with Crippen LogP contribution < -0.4 is 5.32 Å². The Hall–Kier alpha value is -0.170. The molecule has 0 bridgehead atoms. The molecular weight excluding hydrogens is 194 g/mol. The molecule has 1 heterocycles. The van der Waals surface area contributed by atoms with Gasteiger partial charge in [-0.15, -0.1) is 0 Å². The van der Waals surface area contributed by atoms with Crippen LogP contribution in [0.3, 0.4) is 0 Å². The second-order valence-corrected chi connectivity index (χ2v) is 5.56. The van der Waals surface area contributed by atoms with Gasteiger partial charge in [-0.1, -0.05) is 0 Å². The van der Waals surface area contributed by atoms with Gasteiger partial charge in [-0.3, -0.25) is 0 Å². The summed E-state index contributed by atoms with van der Waals surface area (Å²) in [6.07, 6.45) is 0.676. The zero-order chi connectivity index (χ0) is 9.90. The number of sulfone groups is 1. The van der Waals surface area contributed by atoms with Crippen LogP contribution in [0.5, 0.6) is 0 Å². The third-order valence-electron chi connectivity index (χ3n) is 1.93. The zero-order valence-corrected chi connectivity index (χ0v) is 8.38. The summed E-state index contributed by atoms with van der Waals surface area (Å²) in [6, 6.07) is -0.123. The van der Waals surface area contributed by atoms with E-state index in [1.807, 2.05) is 0 Å². The molecule has 1 fully saturated rings. The molecule has 1 rings (SSSR count). The van der Waals surface area contributed by atoms with Gasteiger partial charge in [0.2, 0.25) is 0 Å². The van der Waals surface area contributed by atoms with E-state index in [0.29, 0.717) is 19.8 Å². The Morgan fingerprint density at radius 2 is 2.23 bits per heavy atom. The van der Waals surface area contributed by atoms with E-state index in [1.165, 1.54) is 6.26 Å². The molecule has 0 aliphatic carbocycles. The van der Waals surface area contributed by atoms with Gasteiger partial charge in [-0.05, 0) is 0 Å². The van der Waals surface area contributed by atoms with Gasteiger partial charge in [0, 0.05) is 12.8 Å². The van der Waals surface area contributed by atoms with Gasteiger partial charge in [0.15, 0.2) is 0 Å². The lowest BCUT2D eigenvalue weighted by Crippen LogP contribution is -2.40. The van der Waals surface area contributed by atoms with Crippen LogP contribution in [0.15, 0.2) is 0 Å². The lowest BCUT2D eigenvalue weighted by Gasteiger charge is -2.13. The van der Waals surface area contributed by atoms with Gasteiger partial charge in [-0.25, -0.2) is 8.42 Å². The van der Waals surface area contributed by atoms with Crippen molar-refractivity contribution < 1.29 is 18.3 Å². The molecule has 2 unspecified atom stereocenters. The summed E-state index contributed by atoms with van der Waals surface area (Å²) in [7, 11) is -2.92. The molecule has 0 aromatic rings. The van der Waals surface area contributed by atoms with E-state index in [4.69, 9.17) is 4.74 Å². The number of hydrogen-bond donors (Lipinski definition) is 2. The average molecular weight is 209 g/mol. The Morgan fingerprint density at radius 1 is 1.54 bits per heavy atom. The molecule has 2 atom stereocenters. The van der Waals surface area contributed by atoms with Crippen LogP contribution in [0.25, 0.3) is 0 Å². The molecule has 0 aromatic carbocycles. The monoisotopic (exact) mass is 209 g/mol. The minimum absolute atomic E-state index is 0.0935. The molecule has 1 aliphatic rings. The van der Waals surface area contributed by atoms with Crippen LogP contribution in [0, 0.1) is 0 Å². The van der Waals surface area contributed by atoms with Crippen molar-refractivity contribution >= 4 is 9.84 Å². The van der Waals surface area contributed by atoms with Crippen molar-refractivity contribution in [3.8, 4) is 0 Å². The minimum atomic E-state index is -2.92. The van der Waals surface area contributed by atoms with Crippen LogP contribution >= 0.6 is 0 Å². The van der Waals surface area contributed by atoms with Crippen molar-refractivity contribution in [2.75, 3.05) is 31.8 Å². The smallest absolute Gasteiger partial charge is 0.148 e. The zero-order valence-electron chi connectivity index (χ0n) is 7.56. The van der Waals surface area contributed by atoms with Crippen molar-refractivity contribution in [2.24, 2.45) is 0 Å². The van der Waals surface area contributed by atoms with E-state index in [1.54, 1.807) is 0 Å². The molecule has 1 aliphatic heterocycles. The summed E-state index contributed by atoms with van der Waals surface area (Å²) < 4.78 is 26.5. The van der Waals surface area contributed by atoms with E-state index < -0.39 is 15.9 Å². The Balaban J connectivity index is 2.19. The molecule has 0 spiro atoms. The van der Waals surface area contributed by atoms with Crippen LogP contribution in [0.4, 0.5) is 0 Å². The molecule has 0 radical (unpaired) electrons. The fourth-order valence-corrected chi connectivity index (χ4v) is 1.66. The molecule has 1 saturated heterocycles. The predicted octanol–water partition coefficient (Wildman–Crippen LogP) is -1.62. The molecule has 13 heavy (non-hydrogen) atoms. The first kappa shape index (κ1) is 10.9. The van der Waals surface area contributed by atoms with E-state index in [2.05, 4.69) is 5.32 Å². The highest BCUT2D eigenvalue weighted by atomic mass is 32.2. The summed E-state index contributed by atoms with van der Waals surface area (Å²) in [6.45, 7) is 1.14. The van der Waals surface area contributed by atoms with Crippen molar-refractivity contribution in [2.45, 2.75) is 12.1 Å². The molecule has 0 amide bonds. The van der Waals surface area contributed by atoms with E-state index in [0.717, 1.165) is 0 Å². The summed E-state index contributed by atoms with van der Waals surface area (Å²) in [4.78, 5) is 0. The van der Waals surface area contributed by atoms with Crippen LogP contribution in [0.2, 0.25) is 0 Å². The summed E-state index contributed by atoms with van der Waals surface area (Å²) >= 11 is 0. The van der Waals surface area contributed by atoms with Crippen molar-refractivity contribution in [1.82, 2.24) is 5.32 Å². The Bertz CT molecular complexity index is 251. The van der Waals surface area contributed by atoms with Crippen LogP contribution in [-0.2, 0) is 14.6 Å². The van der Waals surface area contributed by atoms with Crippen molar-refractivity contribution in [3.63, 3.8) is 0 Å². The lowest BCUT2D eigenvalue weighted by atomic mass is 10.2. The fraction of sp³-hybridized carbons (Fsp3) is 1.00. The second kappa shape index (κ2) is 4.36. The molecule has 6 heteroatoms. The maximum absolute atomic E-state index is 10.8. The van der Waals surface area contributed by atoms with Gasteiger partial charge in [-0.2, -0.15) is 0 Å². The predicted molar refractivity (Wildman–Crippen MR) is 48.3 cm³/mol. The van der Waals surface area contributed by atoms with Gasteiger partial charge in [0.25, 0.3) is 0 Å². The van der Waals surface area contributed by atoms with Crippen LogP contribution in [-0.4, -0.2) is 57.4 Å². The third kappa shape index (κ3) is 4.04. The summed E-state index contributed by atoms with van der Waals surface area (Å²) in [5.74, 6) is 0.0935. The maximum atomic E-state index is 10.8. The van der Waals surface area contributed by atoms with Gasteiger partial charge >= 0.3 is 0 Å². The standard InChI is InChI=1S/C7H15NO4S/c1-13(10,11)3-2-8-6-4-12-5-7(6)9/h6-9H,2-5H2,1H3. The largest absolute Gasteiger partial charge is 0.389 e. The summed E-state index contributed by atoms with van der Waals surface area (Å²) in [5, 5.41) is 12.2. The van der Waals surface area contributed by atoms with E-state index >= 15 is 0 Å². The highest BCUT2D eigenvalue weighted by Gasteiger charge is 2.25. The summed E-state index contributed by atoms with van der Waals surface area (Å²) in [5.41, 5.74) is 0. The number of aliphatic hydroxyl groups is 1. The average Bonchev–Trinajstić information content (AvgIpc) is 2.34. The number of aliphatic hydroxyl groups excluding tert-OH is 1. The third-order valence-corrected chi connectivity index (χ3v) is 2.88. The normalized spacial score (nSPS) is 29.4. The molecule has 2 N–H and O–H groups in total. The fourth-order valence-electron chi connectivity index (χ4n) is 1.17. The minimum Gasteiger partial charge on any atom is -0.389 e. The van der Waals surface area contributed by atoms with E-state index in [9.17, 15) is 13.5 Å². The van der Waals surface area contributed by atoms with Gasteiger partial charge in [0.1, 0.15) is 9.84 Å². The Labute approximate surface area is 78.0 Å². The Morgan fingerprint density at radius 3 is 2.69 bits per heavy atom. The second-order valence-electron chi connectivity index (χ2n) is 3.30. The Kier molecular flexibility index (Phi) is 3.66. The van der Waals surface area contributed by atoms with Gasteiger partial charge < -0.3 is 15.2 Å². The first-order valence-electron chi connectivity index (χ1n) is 4.16. The maximum Gasteiger partial charge on any atom is 0.148 e. The quantitative estimate of drug-likeness (QED) is 0.582. The molecule has 5 nitrogen and oxygen atoms in total. The highest BCUT2D eigenvalue weighted by Crippen LogP contribution is 2.04. The van der Waals surface area contributed by atoms with Crippen molar-refractivity contribution in [1.29, 1.82) is 0 Å². The SMILES string of the molecule is CS(=O)(=O)CCNC1COCC1O. The topological polar surface area (TPSA) is 75.6 Å². The first-order chi connectivity index (χ1) is 5.99.